The number of hydrogen-bond acceptors (Lipinski definition) is 2. The van der Waals surface area contributed by atoms with Gasteiger partial charge in [-0.1, -0.05) is 19.8 Å². The Hall–Kier alpha value is -1.65. The first-order valence-electron chi connectivity index (χ1n) is 5.59. The van der Waals surface area contributed by atoms with E-state index in [1.54, 1.807) is 0 Å². The summed E-state index contributed by atoms with van der Waals surface area (Å²) in [6.45, 7) is 2.56. The Morgan fingerprint density at radius 1 is 1.29 bits per heavy atom. The Morgan fingerprint density at radius 2 is 1.94 bits per heavy atom. The number of benzene rings is 1. The van der Waals surface area contributed by atoms with Crippen molar-refractivity contribution < 1.29 is 13.6 Å². The molecule has 0 saturated heterocycles. The van der Waals surface area contributed by atoms with Gasteiger partial charge in [-0.25, -0.2) is 8.78 Å². The van der Waals surface area contributed by atoms with Crippen LogP contribution in [0.25, 0.3) is 0 Å². The van der Waals surface area contributed by atoms with Gasteiger partial charge in [0.25, 0.3) is 5.91 Å². The van der Waals surface area contributed by atoms with Crippen molar-refractivity contribution in [3.8, 4) is 0 Å². The Bertz CT molecular complexity index is 408. The van der Waals surface area contributed by atoms with Crippen molar-refractivity contribution in [2.24, 2.45) is 0 Å². The summed E-state index contributed by atoms with van der Waals surface area (Å²) in [6.07, 6.45) is 2.91. The van der Waals surface area contributed by atoms with Gasteiger partial charge in [-0.05, 0) is 12.5 Å². The lowest BCUT2D eigenvalue weighted by Crippen LogP contribution is -2.25. The smallest absolute Gasteiger partial charge is 0.253 e. The molecule has 3 N–H and O–H groups in total. The predicted octanol–water partition coefficient (Wildman–Crippen LogP) is 2.47. The number of rotatable bonds is 5. The number of nitrogen functional groups attached to an aromatic ring is 1. The van der Waals surface area contributed by atoms with Crippen LogP contribution in [0.5, 0.6) is 0 Å². The van der Waals surface area contributed by atoms with Crippen molar-refractivity contribution in [2.75, 3.05) is 12.3 Å². The molecule has 1 aromatic carbocycles. The van der Waals surface area contributed by atoms with Gasteiger partial charge in [0.2, 0.25) is 0 Å². The van der Waals surface area contributed by atoms with E-state index < -0.39 is 17.5 Å². The second kappa shape index (κ2) is 6.18. The van der Waals surface area contributed by atoms with E-state index in [2.05, 4.69) is 12.2 Å². The molecule has 17 heavy (non-hydrogen) atoms. The number of unbranched alkanes of at least 4 members (excludes halogenated alkanes) is 2. The van der Waals surface area contributed by atoms with Crippen LogP contribution < -0.4 is 11.1 Å². The van der Waals surface area contributed by atoms with Gasteiger partial charge in [0, 0.05) is 18.3 Å². The van der Waals surface area contributed by atoms with E-state index in [0.717, 1.165) is 31.4 Å². The van der Waals surface area contributed by atoms with Crippen LogP contribution in [0.3, 0.4) is 0 Å². The molecule has 0 aromatic heterocycles. The molecule has 0 fully saturated rings. The Kier molecular flexibility index (Phi) is 4.87. The van der Waals surface area contributed by atoms with Gasteiger partial charge in [-0.15, -0.1) is 0 Å². The number of amides is 1. The maximum Gasteiger partial charge on any atom is 0.253 e. The molecule has 0 unspecified atom stereocenters. The Morgan fingerprint density at radius 3 is 2.59 bits per heavy atom. The van der Waals surface area contributed by atoms with Crippen LogP contribution in [0.2, 0.25) is 0 Å². The average Bonchev–Trinajstić information content (AvgIpc) is 2.29. The molecule has 0 aliphatic rings. The number of hydrogen-bond donors (Lipinski definition) is 2. The molecule has 0 saturated carbocycles. The normalized spacial score (nSPS) is 10.3. The van der Waals surface area contributed by atoms with Crippen LogP contribution in [0.4, 0.5) is 14.5 Å². The van der Waals surface area contributed by atoms with E-state index in [1.807, 2.05) is 0 Å². The summed E-state index contributed by atoms with van der Waals surface area (Å²) in [6, 6.07) is 1.64. The first-order valence-corrected chi connectivity index (χ1v) is 5.59. The van der Waals surface area contributed by atoms with Crippen molar-refractivity contribution in [1.29, 1.82) is 0 Å². The summed E-state index contributed by atoms with van der Waals surface area (Å²) in [5, 5.41) is 2.61. The van der Waals surface area contributed by atoms with Crippen molar-refractivity contribution in [2.45, 2.75) is 26.2 Å². The third-order valence-electron chi connectivity index (χ3n) is 2.40. The highest BCUT2D eigenvalue weighted by Gasteiger charge is 2.13. The maximum absolute atomic E-state index is 13.0. The van der Waals surface area contributed by atoms with Crippen LogP contribution in [-0.2, 0) is 0 Å². The SMILES string of the molecule is CCCCCNC(=O)c1cc(F)c(F)cc1N. The maximum atomic E-state index is 13.0. The summed E-state index contributed by atoms with van der Waals surface area (Å²) < 4.78 is 25.7. The zero-order valence-electron chi connectivity index (χ0n) is 9.72. The molecule has 0 bridgehead atoms. The van der Waals surface area contributed by atoms with Gasteiger partial charge >= 0.3 is 0 Å². The minimum atomic E-state index is -1.07. The van der Waals surface area contributed by atoms with Crippen LogP contribution in [0, 0.1) is 11.6 Å². The van der Waals surface area contributed by atoms with E-state index in [0.29, 0.717) is 6.54 Å². The first-order chi connectivity index (χ1) is 8.06. The topological polar surface area (TPSA) is 55.1 Å². The molecule has 1 amide bonds. The lowest BCUT2D eigenvalue weighted by Gasteiger charge is -2.07. The summed E-state index contributed by atoms with van der Waals surface area (Å²) in [7, 11) is 0. The van der Waals surface area contributed by atoms with Crippen LogP contribution in [0.15, 0.2) is 12.1 Å². The van der Waals surface area contributed by atoms with Crippen molar-refractivity contribution in [3.05, 3.63) is 29.3 Å². The monoisotopic (exact) mass is 242 g/mol. The average molecular weight is 242 g/mol. The number of nitrogens with two attached hydrogens (primary N) is 1. The molecule has 94 valence electrons. The van der Waals surface area contributed by atoms with E-state index >= 15 is 0 Å². The lowest BCUT2D eigenvalue weighted by molar-refractivity contribution is 0.0953. The number of nitrogens with one attached hydrogen (secondary N) is 1. The largest absolute Gasteiger partial charge is 0.398 e. The number of anilines is 1. The van der Waals surface area contributed by atoms with Gasteiger partial charge in [0.05, 0.1) is 5.56 Å². The van der Waals surface area contributed by atoms with Gasteiger partial charge in [0.1, 0.15) is 0 Å². The van der Waals surface area contributed by atoms with Gasteiger partial charge in [0.15, 0.2) is 11.6 Å². The summed E-state index contributed by atoms with van der Waals surface area (Å²) in [5.41, 5.74) is 5.37. The third kappa shape index (κ3) is 3.69. The molecule has 3 nitrogen and oxygen atoms in total. The van der Waals surface area contributed by atoms with Crippen LogP contribution in [-0.4, -0.2) is 12.5 Å². The van der Waals surface area contributed by atoms with Crippen LogP contribution in [0.1, 0.15) is 36.5 Å². The third-order valence-corrected chi connectivity index (χ3v) is 2.40. The fourth-order valence-electron chi connectivity index (χ4n) is 1.43. The highest BCUT2D eigenvalue weighted by molar-refractivity contribution is 5.99. The van der Waals surface area contributed by atoms with E-state index in [1.165, 1.54) is 0 Å². The van der Waals surface area contributed by atoms with E-state index in [9.17, 15) is 13.6 Å². The zero-order chi connectivity index (χ0) is 12.8. The van der Waals surface area contributed by atoms with Crippen molar-refractivity contribution in [3.63, 3.8) is 0 Å². The number of carbonyl (C=O) groups is 1. The minimum absolute atomic E-state index is 0.0274. The van der Waals surface area contributed by atoms with E-state index in [4.69, 9.17) is 5.73 Å². The molecule has 0 radical (unpaired) electrons. The number of halogens is 2. The lowest BCUT2D eigenvalue weighted by atomic mass is 10.1. The molecule has 1 aromatic rings. The van der Waals surface area contributed by atoms with Gasteiger partial charge < -0.3 is 11.1 Å². The van der Waals surface area contributed by atoms with Gasteiger partial charge in [-0.2, -0.15) is 0 Å². The number of carbonyl (C=O) groups excluding carboxylic acids is 1. The first kappa shape index (κ1) is 13.4. The molecule has 0 atom stereocenters. The standard InChI is InChI=1S/C12H16F2N2O/c1-2-3-4-5-16-12(17)8-6-9(13)10(14)7-11(8)15/h6-7H,2-5,15H2,1H3,(H,16,17). The Labute approximate surface area is 99.0 Å². The molecule has 5 heteroatoms. The van der Waals surface area contributed by atoms with Gasteiger partial charge in [-0.3, -0.25) is 4.79 Å². The predicted molar refractivity (Wildman–Crippen MR) is 62.6 cm³/mol. The fraction of sp³-hybridized carbons (Fsp3) is 0.417. The highest BCUT2D eigenvalue weighted by Crippen LogP contribution is 2.16. The highest BCUT2D eigenvalue weighted by atomic mass is 19.2. The molecule has 0 heterocycles. The molecule has 0 spiro atoms. The molecule has 0 aliphatic heterocycles. The summed E-state index contributed by atoms with van der Waals surface area (Å²) >= 11 is 0. The van der Waals surface area contributed by atoms with E-state index in [-0.39, 0.29) is 11.3 Å². The molecule has 0 aliphatic carbocycles. The molecular formula is C12H16F2N2O. The minimum Gasteiger partial charge on any atom is -0.398 e. The van der Waals surface area contributed by atoms with Crippen molar-refractivity contribution >= 4 is 11.6 Å². The summed E-state index contributed by atoms with van der Waals surface area (Å²) in [4.78, 5) is 11.6. The van der Waals surface area contributed by atoms with Crippen molar-refractivity contribution in [1.82, 2.24) is 5.32 Å². The van der Waals surface area contributed by atoms with Crippen LogP contribution >= 0.6 is 0 Å². The molecular weight excluding hydrogens is 226 g/mol. The quantitative estimate of drug-likeness (QED) is 0.615. The fourth-order valence-corrected chi connectivity index (χ4v) is 1.43. The zero-order valence-corrected chi connectivity index (χ0v) is 9.72. The Balaban J connectivity index is 2.66. The second-order valence-electron chi connectivity index (χ2n) is 3.82. The summed E-state index contributed by atoms with van der Waals surface area (Å²) in [5.74, 6) is -2.60. The second-order valence-corrected chi connectivity index (χ2v) is 3.82. The molecule has 1 rings (SSSR count).